The molecule has 1 heterocycles. The van der Waals surface area contributed by atoms with Crippen LogP contribution in [0.15, 0.2) is 10.7 Å². The van der Waals surface area contributed by atoms with Crippen LogP contribution in [-0.4, -0.2) is 48.5 Å². The Morgan fingerprint density at radius 1 is 1.56 bits per heavy atom. The number of ether oxygens (including phenoxy) is 1. The van der Waals surface area contributed by atoms with Crippen molar-refractivity contribution in [2.24, 2.45) is 5.73 Å². The molecular formula is C12H23BrN4O. The lowest BCUT2D eigenvalue weighted by atomic mass is 10.2. The van der Waals surface area contributed by atoms with E-state index in [2.05, 4.69) is 32.9 Å². The van der Waals surface area contributed by atoms with Gasteiger partial charge in [0.25, 0.3) is 0 Å². The van der Waals surface area contributed by atoms with E-state index in [1.807, 2.05) is 18.8 Å². The van der Waals surface area contributed by atoms with Gasteiger partial charge in [0.05, 0.1) is 35.6 Å². The Kier molecular flexibility index (Phi) is 6.85. The molecule has 0 radical (unpaired) electrons. The summed E-state index contributed by atoms with van der Waals surface area (Å²) >= 11 is 3.50. The lowest BCUT2D eigenvalue weighted by molar-refractivity contribution is 0.119. The van der Waals surface area contributed by atoms with E-state index >= 15 is 0 Å². The van der Waals surface area contributed by atoms with Gasteiger partial charge in [-0.05, 0) is 36.4 Å². The van der Waals surface area contributed by atoms with E-state index in [4.69, 9.17) is 10.5 Å². The van der Waals surface area contributed by atoms with Crippen LogP contribution in [0.5, 0.6) is 0 Å². The summed E-state index contributed by atoms with van der Waals surface area (Å²) in [5, 5.41) is 4.34. The molecular weight excluding hydrogens is 296 g/mol. The van der Waals surface area contributed by atoms with Crippen LogP contribution in [-0.2, 0) is 11.3 Å². The van der Waals surface area contributed by atoms with Gasteiger partial charge >= 0.3 is 0 Å². The van der Waals surface area contributed by atoms with Gasteiger partial charge in [0.15, 0.2) is 0 Å². The number of halogens is 1. The summed E-state index contributed by atoms with van der Waals surface area (Å²) in [6.07, 6.45) is 2.80. The van der Waals surface area contributed by atoms with Crippen LogP contribution in [0, 0.1) is 0 Å². The van der Waals surface area contributed by atoms with Crippen molar-refractivity contribution in [3.63, 3.8) is 0 Å². The highest BCUT2D eigenvalue weighted by Crippen LogP contribution is 2.22. The van der Waals surface area contributed by atoms with E-state index in [0.29, 0.717) is 6.61 Å². The molecule has 0 amide bonds. The van der Waals surface area contributed by atoms with Crippen LogP contribution in [0.2, 0.25) is 0 Å². The van der Waals surface area contributed by atoms with Crippen molar-refractivity contribution in [2.45, 2.75) is 25.9 Å². The topological polar surface area (TPSA) is 56.3 Å². The van der Waals surface area contributed by atoms with E-state index in [-0.39, 0.29) is 6.04 Å². The molecule has 1 aromatic rings. The van der Waals surface area contributed by atoms with Crippen LogP contribution in [0.25, 0.3) is 0 Å². The standard InChI is InChI=1S/C12H23BrN4O/c1-4-7-18-9-11(14)12-10(13)8-15-17(12)6-5-16(2)3/h8,11H,4-7,9,14H2,1-3H3. The molecule has 104 valence electrons. The van der Waals surface area contributed by atoms with Crippen molar-refractivity contribution < 1.29 is 4.74 Å². The minimum atomic E-state index is -0.143. The summed E-state index contributed by atoms with van der Waals surface area (Å²) in [5.74, 6) is 0. The molecule has 0 aliphatic heterocycles. The van der Waals surface area contributed by atoms with Crippen molar-refractivity contribution in [1.29, 1.82) is 0 Å². The number of nitrogens with zero attached hydrogens (tertiary/aromatic N) is 3. The number of hydrogen-bond acceptors (Lipinski definition) is 4. The van der Waals surface area contributed by atoms with Gasteiger partial charge in [-0.3, -0.25) is 4.68 Å². The Morgan fingerprint density at radius 2 is 2.28 bits per heavy atom. The normalized spacial score (nSPS) is 13.2. The number of nitrogens with two attached hydrogens (primary N) is 1. The summed E-state index contributed by atoms with van der Waals surface area (Å²) in [4.78, 5) is 2.12. The van der Waals surface area contributed by atoms with E-state index in [1.165, 1.54) is 0 Å². The molecule has 0 aromatic carbocycles. The third-order valence-corrected chi connectivity index (χ3v) is 3.20. The molecule has 0 aliphatic carbocycles. The minimum absolute atomic E-state index is 0.143. The van der Waals surface area contributed by atoms with Gasteiger partial charge in [0.2, 0.25) is 0 Å². The fraction of sp³-hybridized carbons (Fsp3) is 0.750. The smallest absolute Gasteiger partial charge is 0.0717 e. The molecule has 0 aliphatic rings. The van der Waals surface area contributed by atoms with Crippen LogP contribution in [0.4, 0.5) is 0 Å². The highest BCUT2D eigenvalue weighted by atomic mass is 79.9. The van der Waals surface area contributed by atoms with Gasteiger partial charge in [-0.2, -0.15) is 5.10 Å². The molecule has 2 N–H and O–H groups in total. The van der Waals surface area contributed by atoms with Gasteiger partial charge in [0.1, 0.15) is 0 Å². The van der Waals surface area contributed by atoms with Gasteiger partial charge in [-0.25, -0.2) is 0 Å². The maximum atomic E-state index is 6.16. The molecule has 0 spiro atoms. The fourth-order valence-electron chi connectivity index (χ4n) is 1.65. The van der Waals surface area contributed by atoms with Crippen LogP contribution < -0.4 is 5.73 Å². The maximum Gasteiger partial charge on any atom is 0.0717 e. The van der Waals surface area contributed by atoms with Gasteiger partial charge in [-0.15, -0.1) is 0 Å². The Labute approximate surface area is 117 Å². The molecule has 0 fully saturated rings. The van der Waals surface area contributed by atoms with E-state index < -0.39 is 0 Å². The zero-order chi connectivity index (χ0) is 13.5. The zero-order valence-corrected chi connectivity index (χ0v) is 13.0. The van der Waals surface area contributed by atoms with Crippen LogP contribution >= 0.6 is 15.9 Å². The number of rotatable bonds is 8. The molecule has 1 rings (SSSR count). The number of hydrogen-bond donors (Lipinski definition) is 1. The van der Waals surface area contributed by atoms with Crippen molar-refractivity contribution in [3.8, 4) is 0 Å². The Hall–Kier alpha value is -0.430. The van der Waals surface area contributed by atoms with Crippen molar-refractivity contribution >= 4 is 15.9 Å². The average Bonchev–Trinajstić information content (AvgIpc) is 2.68. The molecule has 1 unspecified atom stereocenters. The second-order valence-electron chi connectivity index (χ2n) is 4.59. The lowest BCUT2D eigenvalue weighted by Crippen LogP contribution is -2.25. The Morgan fingerprint density at radius 3 is 2.89 bits per heavy atom. The first kappa shape index (κ1) is 15.6. The summed E-state index contributed by atoms with van der Waals surface area (Å²) in [5.41, 5.74) is 7.17. The Bertz CT molecular complexity index is 354. The molecule has 0 saturated carbocycles. The summed E-state index contributed by atoms with van der Waals surface area (Å²) in [7, 11) is 4.09. The van der Waals surface area contributed by atoms with Crippen molar-refractivity contribution in [3.05, 3.63) is 16.4 Å². The molecule has 1 atom stereocenters. The number of aromatic nitrogens is 2. The lowest BCUT2D eigenvalue weighted by Gasteiger charge is -2.17. The highest BCUT2D eigenvalue weighted by Gasteiger charge is 2.16. The van der Waals surface area contributed by atoms with E-state index in [1.54, 1.807) is 6.20 Å². The largest absolute Gasteiger partial charge is 0.379 e. The van der Waals surface area contributed by atoms with Gasteiger partial charge in [-0.1, -0.05) is 6.92 Å². The quantitative estimate of drug-likeness (QED) is 0.740. The summed E-state index contributed by atoms with van der Waals surface area (Å²) in [6, 6.07) is -0.143. The first-order valence-corrected chi connectivity index (χ1v) is 7.04. The van der Waals surface area contributed by atoms with Crippen LogP contribution in [0.3, 0.4) is 0 Å². The number of likely N-dealkylation sites (N-methyl/N-ethyl adjacent to an activating group) is 1. The third kappa shape index (κ3) is 4.68. The summed E-state index contributed by atoms with van der Waals surface area (Å²) < 4.78 is 8.41. The first-order valence-electron chi connectivity index (χ1n) is 6.25. The molecule has 0 saturated heterocycles. The molecule has 1 aromatic heterocycles. The minimum Gasteiger partial charge on any atom is -0.379 e. The SMILES string of the molecule is CCCOCC(N)c1c(Br)cnn1CCN(C)C. The third-order valence-electron chi connectivity index (χ3n) is 2.59. The molecule has 18 heavy (non-hydrogen) atoms. The van der Waals surface area contributed by atoms with E-state index in [0.717, 1.165) is 36.3 Å². The van der Waals surface area contributed by atoms with Gasteiger partial charge in [0, 0.05) is 13.2 Å². The highest BCUT2D eigenvalue weighted by molar-refractivity contribution is 9.10. The maximum absolute atomic E-state index is 6.16. The van der Waals surface area contributed by atoms with Crippen molar-refractivity contribution in [2.75, 3.05) is 33.9 Å². The van der Waals surface area contributed by atoms with Crippen LogP contribution in [0.1, 0.15) is 25.1 Å². The van der Waals surface area contributed by atoms with Gasteiger partial charge < -0.3 is 15.4 Å². The molecule has 6 heteroatoms. The zero-order valence-electron chi connectivity index (χ0n) is 11.4. The van der Waals surface area contributed by atoms with Crippen molar-refractivity contribution in [1.82, 2.24) is 14.7 Å². The second-order valence-corrected chi connectivity index (χ2v) is 5.44. The summed E-state index contributed by atoms with van der Waals surface area (Å²) in [6.45, 7) is 5.12. The predicted octanol–water partition coefficient (Wildman–Crippen LogP) is 1.63. The monoisotopic (exact) mass is 318 g/mol. The molecule has 0 bridgehead atoms. The Balaban J connectivity index is 2.64. The predicted molar refractivity (Wildman–Crippen MR) is 76.5 cm³/mol. The second kappa shape index (κ2) is 7.89. The van der Waals surface area contributed by atoms with E-state index in [9.17, 15) is 0 Å². The fourth-order valence-corrected chi connectivity index (χ4v) is 2.24. The average molecular weight is 319 g/mol. The molecule has 5 nitrogen and oxygen atoms in total. The first-order chi connectivity index (χ1) is 8.56.